The summed E-state index contributed by atoms with van der Waals surface area (Å²) in [4.78, 5) is 7.92. The number of para-hydroxylation sites is 2. The molecule has 3 aliphatic rings. The number of fused-ring (bicyclic) bond motifs is 9. The van der Waals surface area contributed by atoms with Crippen molar-refractivity contribution < 1.29 is 0 Å². The van der Waals surface area contributed by atoms with Gasteiger partial charge in [-0.3, -0.25) is 0 Å². The van der Waals surface area contributed by atoms with Crippen LogP contribution in [0.25, 0.3) is 77.4 Å². The number of allylic oxidation sites excluding steroid dienone is 5. The van der Waals surface area contributed by atoms with Crippen molar-refractivity contribution in [2.75, 3.05) is 11.9 Å². The Bertz CT molecular complexity index is 3700. The van der Waals surface area contributed by atoms with Crippen molar-refractivity contribution in [2.24, 2.45) is 16.8 Å². The van der Waals surface area contributed by atoms with Gasteiger partial charge in [-0.15, -0.1) is 0 Å². The molecule has 3 heteroatoms. The number of aliphatic imine (C=N–C) groups is 1. The molecular formula is C64H49N3. The summed E-state index contributed by atoms with van der Waals surface area (Å²) in [6.45, 7) is 2.44. The maximum Gasteiger partial charge on any atom is 0.0976 e. The molecule has 9 aromatic carbocycles. The van der Waals surface area contributed by atoms with E-state index < -0.39 is 0 Å². The highest BCUT2D eigenvalue weighted by molar-refractivity contribution is 6.24. The summed E-state index contributed by atoms with van der Waals surface area (Å²) in [7, 11) is 2.23. The van der Waals surface area contributed by atoms with Crippen molar-refractivity contribution >= 4 is 66.5 Å². The number of rotatable bonds is 6. The van der Waals surface area contributed by atoms with Crippen LogP contribution in [0.1, 0.15) is 47.6 Å². The fraction of sp³-hybridized carbons (Fsp3) is 0.109. The van der Waals surface area contributed by atoms with Gasteiger partial charge in [0.05, 0.1) is 39.8 Å². The Balaban J connectivity index is 0.955. The molecule has 4 atom stereocenters. The van der Waals surface area contributed by atoms with Crippen molar-refractivity contribution in [3.8, 4) is 27.9 Å². The molecule has 3 nitrogen and oxygen atoms in total. The summed E-state index contributed by atoms with van der Waals surface area (Å²) in [5, 5.41) is 7.65. The zero-order valence-electron chi connectivity index (χ0n) is 37.7. The minimum Gasteiger partial charge on any atom is -0.360 e. The molecule has 320 valence electrons. The van der Waals surface area contributed by atoms with Gasteiger partial charge in [-0.1, -0.05) is 201 Å². The molecule has 67 heavy (non-hydrogen) atoms. The molecule has 4 unspecified atom stereocenters. The van der Waals surface area contributed by atoms with E-state index in [-0.39, 0.29) is 6.04 Å². The number of likely N-dealkylation sites (N-methyl/N-ethyl adjacent to an activating group) is 1. The Labute approximate surface area is 392 Å². The average molecular weight is 860 g/mol. The second-order valence-corrected chi connectivity index (χ2v) is 18.7. The fourth-order valence-corrected chi connectivity index (χ4v) is 11.7. The van der Waals surface area contributed by atoms with Gasteiger partial charge in [0.1, 0.15) is 0 Å². The number of anilines is 1. The fourth-order valence-electron chi connectivity index (χ4n) is 11.7. The van der Waals surface area contributed by atoms with Gasteiger partial charge in [0.25, 0.3) is 0 Å². The van der Waals surface area contributed by atoms with E-state index in [9.17, 15) is 0 Å². The van der Waals surface area contributed by atoms with E-state index in [2.05, 4.69) is 248 Å². The van der Waals surface area contributed by atoms with Crippen LogP contribution in [0.3, 0.4) is 0 Å². The van der Waals surface area contributed by atoms with Gasteiger partial charge in [0.2, 0.25) is 0 Å². The van der Waals surface area contributed by atoms with Gasteiger partial charge in [-0.05, 0) is 115 Å². The van der Waals surface area contributed by atoms with Crippen LogP contribution in [-0.4, -0.2) is 17.3 Å². The van der Waals surface area contributed by atoms with Crippen molar-refractivity contribution in [2.45, 2.75) is 25.3 Å². The van der Waals surface area contributed by atoms with Crippen molar-refractivity contribution in [1.82, 2.24) is 4.57 Å². The van der Waals surface area contributed by atoms with Crippen LogP contribution >= 0.6 is 0 Å². The maximum atomic E-state index is 5.50. The highest BCUT2D eigenvalue weighted by Gasteiger charge is 2.33. The van der Waals surface area contributed by atoms with E-state index in [1.807, 2.05) is 0 Å². The molecule has 1 aliphatic heterocycles. The monoisotopic (exact) mass is 859 g/mol. The Hall–Kier alpha value is -8.01. The summed E-state index contributed by atoms with van der Waals surface area (Å²) >= 11 is 0. The molecule has 0 fully saturated rings. The SMILES string of the molecule is CC1c2ccc3c(c2C=CC1C1C=CC=CC1)c1c2ccccc2ccc1n3-c1ccc(C2C(c3ccc(-c4ccc(-c5ccccc5)cc4)cc3)=Nc3ccccc3N2C)c2ccccc12. The number of nitrogens with zero attached hydrogens (tertiary/aromatic N) is 3. The quantitative estimate of drug-likeness (QED) is 0.163. The molecular weight excluding hydrogens is 811 g/mol. The van der Waals surface area contributed by atoms with E-state index in [1.54, 1.807) is 0 Å². The summed E-state index contributed by atoms with van der Waals surface area (Å²) in [6, 6.07) is 69.1. The minimum absolute atomic E-state index is 0.131. The summed E-state index contributed by atoms with van der Waals surface area (Å²) < 4.78 is 2.54. The smallest absolute Gasteiger partial charge is 0.0976 e. The first kappa shape index (κ1) is 39.4. The van der Waals surface area contributed by atoms with Gasteiger partial charge in [-0.2, -0.15) is 0 Å². The normalized spacial score (nSPS) is 18.7. The van der Waals surface area contributed by atoms with Crippen LogP contribution in [0.5, 0.6) is 0 Å². The molecule has 0 spiro atoms. The molecule has 13 rings (SSSR count). The first-order valence-corrected chi connectivity index (χ1v) is 23.8. The van der Waals surface area contributed by atoms with E-state index in [0.717, 1.165) is 29.1 Å². The highest BCUT2D eigenvalue weighted by atomic mass is 15.2. The standard InChI is InChI=1S/C64H49N3/c1-41-49(46-17-7-4-8-18-46)34-35-54-50(41)36-40-60-62(54)61-51-20-10-9-19-47(51)33-38-59(61)67(60)57-39-37-55(52-21-11-12-22-53(52)57)64-63(65-56-23-13-14-24-58(56)66(64)2)48-31-29-45(30-32-48)44-27-25-43(26-28-44)42-15-5-3-6-16-42/h3-17,19-41,46,49,64H,18H2,1-2H3. The molecule has 10 aromatic rings. The predicted molar refractivity (Wildman–Crippen MR) is 284 cm³/mol. The predicted octanol–water partition coefficient (Wildman–Crippen LogP) is 16.6. The second-order valence-electron chi connectivity index (χ2n) is 18.7. The Morgan fingerprint density at radius 1 is 0.493 bits per heavy atom. The number of hydrogen-bond acceptors (Lipinski definition) is 2. The minimum atomic E-state index is -0.131. The second kappa shape index (κ2) is 15.9. The number of aromatic nitrogens is 1. The van der Waals surface area contributed by atoms with Crippen LogP contribution in [0.15, 0.2) is 223 Å². The Kier molecular flexibility index (Phi) is 9.32. The average Bonchev–Trinajstić information content (AvgIpc) is 3.74. The van der Waals surface area contributed by atoms with Crippen molar-refractivity contribution in [3.05, 3.63) is 241 Å². The molecule has 1 aromatic heterocycles. The zero-order chi connectivity index (χ0) is 44.6. The van der Waals surface area contributed by atoms with Gasteiger partial charge in [-0.25, -0.2) is 4.99 Å². The number of benzene rings is 9. The van der Waals surface area contributed by atoms with Crippen LogP contribution in [0.4, 0.5) is 11.4 Å². The molecule has 0 amide bonds. The molecule has 2 heterocycles. The number of hydrogen-bond donors (Lipinski definition) is 0. The first-order valence-electron chi connectivity index (χ1n) is 23.8. The lowest BCUT2D eigenvalue weighted by atomic mass is 9.72. The van der Waals surface area contributed by atoms with Crippen molar-refractivity contribution in [3.63, 3.8) is 0 Å². The third kappa shape index (κ3) is 6.37. The summed E-state index contributed by atoms with van der Waals surface area (Å²) in [5.41, 5.74) is 16.8. The summed E-state index contributed by atoms with van der Waals surface area (Å²) in [6.07, 6.45) is 15.2. The van der Waals surface area contributed by atoms with E-state index in [1.165, 1.54) is 88.0 Å². The van der Waals surface area contributed by atoms with Crippen LogP contribution < -0.4 is 4.90 Å². The van der Waals surface area contributed by atoms with E-state index in [0.29, 0.717) is 17.8 Å². The Morgan fingerprint density at radius 2 is 1.12 bits per heavy atom. The maximum absolute atomic E-state index is 5.50. The summed E-state index contributed by atoms with van der Waals surface area (Å²) in [5.74, 6) is 1.37. The zero-order valence-corrected chi connectivity index (χ0v) is 37.7. The van der Waals surface area contributed by atoms with E-state index >= 15 is 0 Å². The molecule has 0 radical (unpaired) electrons. The topological polar surface area (TPSA) is 20.5 Å². The third-order valence-corrected chi connectivity index (χ3v) is 15.1. The first-order chi connectivity index (χ1) is 33.1. The molecule has 0 N–H and O–H groups in total. The van der Waals surface area contributed by atoms with Crippen LogP contribution in [0, 0.1) is 11.8 Å². The molecule has 0 bridgehead atoms. The van der Waals surface area contributed by atoms with Gasteiger partial charge < -0.3 is 9.47 Å². The third-order valence-electron chi connectivity index (χ3n) is 15.1. The molecule has 0 saturated heterocycles. The highest BCUT2D eigenvalue weighted by Crippen LogP contribution is 2.49. The van der Waals surface area contributed by atoms with Gasteiger partial charge >= 0.3 is 0 Å². The van der Waals surface area contributed by atoms with Gasteiger partial charge in [0.15, 0.2) is 0 Å². The van der Waals surface area contributed by atoms with Gasteiger partial charge in [0, 0.05) is 23.2 Å². The molecule has 0 saturated carbocycles. The van der Waals surface area contributed by atoms with Crippen LogP contribution in [-0.2, 0) is 0 Å². The lowest BCUT2D eigenvalue weighted by Crippen LogP contribution is -2.34. The van der Waals surface area contributed by atoms with E-state index in [4.69, 9.17) is 4.99 Å². The Morgan fingerprint density at radius 3 is 1.88 bits per heavy atom. The van der Waals surface area contributed by atoms with Crippen molar-refractivity contribution in [1.29, 1.82) is 0 Å². The molecule has 2 aliphatic carbocycles. The van der Waals surface area contributed by atoms with Crippen LogP contribution in [0.2, 0.25) is 0 Å². The lowest BCUT2D eigenvalue weighted by molar-refractivity contribution is 0.412. The largest absolute Gasteiger partial charge is 0.360 e. The lowest BCUT2D eigenvalue weighted by Gasteiger charge is -2.37.